The number of nitrogens with one attached hydrogen (secondary N) is 1. The topological polar surface area (TPSA) is 43.0 Å². The van der Waals surface area contributed by atoms with Gasteiger partial charge in [-0.15, -0.1) is 0 Å². The molecule has 4 heteroatoms. The first-order chi connectivity index (χ1) is 7.74. The van der Waals surface area contributed by atoms with Crippen LogP contribution in [0.3, 0.4) is 0 Å². The maximum absolute atomic E-state index is 5.25. The number of rotatable bonds is 5. The van der Waals surface area contributed by atoms with Crippen molar-refractivity contribution >= 4 is 0 Å². The summed E-state index contributed by atoms with van der Waals surface area (Å²) >= 11 is 0. The summed E-state index contributed by atoms with van der Waals surface area (Å²) in [5.41, 5.74) is 1.19. The van der Waals surface area contributed by atoms with E-state index in [-0.39, 0.29) is 0 Å². The summed E-state index contributed by atoms with van der Waals surface area (Å²) in [4.78, 5) is 0. The van der Waals surface area contributed by atoms with Crippen LogP contribution in [0.25, 0.3) is 0 Å². The van der Waals surface area contributed by atoms with E-state index in [0.717, 1.165) is 18.8 Å². The van der Waals surface area contributed by atoms with E-state index in [1.165, 1.54) is 5.56 Å². The van der Waals surface area contributed by atoms with Crippen molar-refractivity contribution in [3.8, 4) is 0 Å². The molecule has 1 unspecified atom stereocenters. The van der Waals surface area contributed by atoms with E-state index in [4.69, 9.17) is 4.42 Å². The van der Waals surface area contributed by atoms with E-state index >= 15 is 0 Å². The predicted molar refractivity (Wildman–Crippen MR) is 62.0 cm³/mol. The highest BCUT2D eigenvalue weighted by Crippen LogP contribution is 2.01. The first-order valence-electron chi connectivity index (χ1n) is 5.49. The first-order valence-corrected chi connectivity index (χ1v) is 5.49. The predicted octanol–water partition coefficient (Wildman–Crippen LogP) is 1.96. The Morgan fingerprint density at radius 2 is 2.44 bits per heavy atom. The summed E-state index contributed by atoms with van der Waals surface area (Å²) < 4.78 is 7.21. The SMILES string of the molecule is Cc1cnn(CC(C)NCc2ccco2)c1. The second kappa shape index (κ2) is 4.99. The van der Waals surface area contributed by atoms with Gasteiger partial charge in [-0.3, -0.25) is 4.68 Å². The number of nitrogens with zero attached hydrogens (tertiary/aromatic N) is 2. The first kappa shape index (κ1) is 11.0. The van der Waals surface area contributed by atoms with Gasteiger partial charge in [-0.25, -0.2) is 0 Å². The number of hydrogen-bond donors (Lipinski definition) is 1. The molecule has 0 amide bonds. The molecule has 0 aliphatic carbocycles. The minimum atomic E-state index is 0.365. The Bertz CT molecular complexity index is 419. The molecule has 86 valence electrons. The molecule has 0 saturated heterocycles. The van der Waals surface area contributed by atoms with Gasteiger partial charge < -0.3 is 9.73 Å². The van der Waals surface area contributed by atoms with E-state index in [9.17, 15) is 0 Å². The van der Waals surface area contributed by atoms with Gasteiger partial charge in [0.1, 0.15) is 5.76 Å². The third-order valence-electron chi connectivity index (χ3n) is 2.43. The average molecular weight is 219 g/mol. The zero-order chi connectivity index (χ0) is 11.4. The van der Waals surface area contributed by atoms with Crippen molar-refractivity contribution in [2.24, 2.45) is 0 Å². The maximum Gasteiger partial charge on any atom is 0.117 e. The summed E-state index contributed by atoms with van der Waals surface area (Å²) in [6.07, 6.45) is 5.61. The largest absolute Gasteiger partial charge is 0.468 e. The molecular formula is C12H17N3O. The Hall–Kier alpha value is -1.55. The second-order valence-electron chi connectivity index (χ2n) is 4.10. The van der Waals surface area contributed by atoms with E-state index in [2.05, 4.69) is 17.3 Å². The van der Waals surface area contributed by atoms with Crippen LogP contribution in [0.5, 0.6) is 0 Å². The molecule has 0 spiro atoms. The molecule has 0 aromatic carbocycles. The summed E-state index contributed by atoms with van der Waals surface area (Å²) in [5, 5.41) is 7.64. The minimum absolute atomic E-state index is 0.365. The smallest absolute Gasteiger partial charge is 0.117 e. The molecule has 0 bridgehead atoms. The minimum Gasteiger partial charge on any atom is -0.468 e. The van der Waals surface area contributed by atoms with Gasteiger partial charge in [0, 0.05) is 12.2 Å². The van der Waals surface area contributed by atoms with Crippen molar-refractivity contribution in [2.75, 3.05) is 0 Å². The van der Waals surface area contributed by atoms with Crippen LogP contribution < -0.4 is 5.32 Å². The lowest BCUT2D eigenvalue weighted by atomic mass is 10.3. The lowest BCUT2D eigenvalue weighted by Gasteiger charge is -2.12. The molecule has 0 aliphatic rings. The average Bonchev–Trinajstić information content (AvgIpc) is 2.87. The number of aromatic nitrogens is 2. The van der Waals surface area contributed by atoms with Gasteiger partial charge >= 0.3 is 0 Å². The highest BCUT2D eigenvalue weighted by molar-refractivity contribution is 5.00. The number of aryl methyl sites for hydroxylation is 1. The van der Waals surface area contributed by atoms with E-state index in [1.807, 2.05) is 36.1 Å². The van der Waals surface area contributed by atoms with Gasteiger partial charge in [-0.05, 0) is 31.5 Å². The van der Waals surface area contributed by atoms with Crippen molar-refractivity contribution < 1.29 is 4.42 Å². The zero-order valence-corrected chi connectivity index (χ0v) is 9.68. The van der Waals surface area contributed by atoms with E-state index < -0.39 is 0 Å². The summed E-state index contributed by atoms with van der Waals surface area (Å²) in [7, 11) is 0. The summed E-state index contributed by atoms with van der Waals surface area (Å²) in [5.74, 6) is 0.962. The Balaban J connectivity index is 1.78. The van der Waals surface area contributed by atoms with Crippen LogP contribution in [0.2, 0.25) is 0 Å². The Labute approximate surface area is 95.3 Å². The van der Waals surface area contributed by atoms with Crippen molar-refractivity contribution in [1.29, 1.82) is 0 Å². The second-order valence-corrected chi connectivity index (χ2v) is 4.10. The molecule has 2 aromatic rings. The van der Waals surface area contributed by atoms with Crippen LogP contribution in [-0.2, 0) is 13.1 Å². The molecule has 4 nitrogen and oxygen atoms in total. The lowest BCUT2D eigenvalue weighted by molar-refractivity contribution is 0.415. The van der Waals surface area contributed by atoms with E-state index in [0.29, 0.717) is 6.04 Å². The van der Waals surface area contributed by atoms with Gasteiger partial charge in [0.15, 0.2) is 0 Å². The normalized spacial score (nSPS) is 12.9. The number of furan rings is 1. The van der Waals surface area contributed by atoms with Crippen molar-refractivity contribution in [3.63, 3.8) is 0 Å². The third-order valence-corrected chi connectivity index (χ3v) is 2.43. The van der Waals surface area contributed by atoms with Gasteiger partial charge in [0.05, 0.1) is 25.5 Å². The zero-order valence-electron chi connectivity index (χ0n) is 9.68. The van der Waals surface area contributed by atoms with E-state index in [1.54, 1.807) is 6.26 Å². The maximum atomic E-state index is 5.25. The van der Waals surface area contributed by atoms with Crippen molar-refractivity contribution in [3.05, 3.63) is 42.1 Å². The highest BCUT2D eigenvalue weighted by atomic mass is 16.3. The Kier molecular flexibility index (Phi) is 3.41. The standard InChI is InChI=1S/C12H17N3O/c1-10-6-14-15(8-10)9-11(2)13-7-12-4-3-5-16-12/h3-6,8,11,13H,7,9H2,1-2H3. The fraction of sp³-hybridized carbons (Fsp3) is 0.417. The van der Waals surface area contributed by atoms with Gasteiger partial charge in [0.25, 0.3) is 0 Å². The van der Waals surface area contributed by atoms with Gasteiger partial charge in [-0.2, -0.15) is 5.10 Å². The molecule has 0 aliphatic heterocycles. The molecule has 1 atom stereocenters. The molecule has 0 radical (unpaired) electrons. The van der Waals surface area contributed by atoms with Crippen molar-refractivity contribution in [1.82, 2.24) is 15.1 Å². The Morgan fingerprint density at radius 1 is 1.56 bits per heavy atom. The van der Waals surface area contributed by atoms with Crippen LogP contribution >= 0.6 is 0 Å². The summed E-state index contributed by atoms with van der Waals surface area (Å²) in [6, 6.07) is 4.24. The van der Waals surface area contributed by atoms with Crippen LogP contribution in [0.15, 0.2) is 35.2 Å². The molecule has 2 heterocycles. The summed E-state index contributed by atoms with van der Waals surface area (Å²) in [6.45, 7) is 5.81. The van der Waals surface area contributed by atoms with Crippen LogP contribution in [0.1, 0.15) is 18.2 Å². The highest BCUT2D eigenvalue weighted by Gasteiger charge is 2.04. The van der Waals surface area contributed by atoms with Crippen LogP contribution in [-0.4, -0.2) is 15.8 Å². The molecule has 1 N–H and O–H groups in total. The van der Waals surface area contributed by atoms with Gasteiger partial charge in [0.2, 0.25) is 0 Å². The van der Waals surface area contributed by atoms with Crippen LogP contribution in [0.4, 0.5) is 0 Å². The molecule has 16 heavy (non-hydrogen) atoms. The van der Waals surface area contributed by atoms with Gasteiger partial charge in [-0.1, -0.05) is 0 Å². The molecule has 2 rings (SSSR count). The molecule has 0 fully saturated rings. The molecule has 2 aromatic heterocycles. The molecular weight excluding hydrogens is 202 g/mol. The number of hydrogen-bond acceptors (Lipinski definition) is 3. The van der Waals surface area contributed by atoms with Crippen molar-refractivity contribution in [2.45, 2.75) is 33.0 Å². The third kappa shape index (κ3) is 2.97. The fourth-order valence-corrected chi connectivity index (χ4v) is 1.60. The van der Waals surface area contributed by atoms with Crippen LogP contribution in [0, 0.1) is 6.92 Å². The monoisotopic (exact) mass is 219 g/mol. The molecule has 0 saturated carbocycles. The fourth-order valence-electron chi connectivity index (χ4n) is 1.60. The lowest BCUT2D eigenvalue weighted by Crippen LogP contribution is -2.29. The Morgan fingerprint density at radius 3 is 3.06 bits per heavy atom. The quantitative estimate of drug-likeness (QED) is 0.836.